The van der Waals surface area contributed by atoms with Crippen LogP contribution in [-0.4, -0.2) is 59.6 Å². The van der Waals surface area contributed by atoms with Crippen LogP contribution in [0.15, 0.2) is 0 Å². The zero-order chi connectivity index (χ0) is 13.8. The summed E-state index contributed by atoms with van der Waals surface area (Å²) in [6.45, 7) is 3.87. The van der Waals surface area contributed by atoms with Crippen molar-refractivity contribution in [1.29, 1.82) is 0 Å². The quantitative estimate of drug-likeness (QED) is 0.840. The first-order valence-electron chi connectivity index (χ1n) is 7.74. The molecule has 2 rings (SSSR count). The fourth-order valence-corrected chi connectivity index (χ4v) is 3.65. The van der Waals surface area contributed by atoms with E-state index in [9.17, 15) is 9.90 Å². The highest BCUT2D eigenvalue weighted by Crippen LogP contribution is 2.27. The maximum Gasteiger partial charge on any atom is 0.236 e. The lowest BCUT2D eigenvalue weighted by Gasteiger charge is -2.37. The first-order chi connectivity index (χ1) is 9.13. The summed E-state index contributed by atoms with van der Waals surface area (Å²) in [6, 6.07) is 0.609. The van der Waals surface area contributed by atoms with Gasteiger partial charge in [0.2, 0.25) is 5.91 Å². The zero-order valence-corrected chi connectivity index (χ0v) is 12.3. The second-order valence-electron chi connectivity index (χ2n) is 6.28. The summed E-state index contributed by atoms with van der Waals surface area (Å²) in [5, 5.41) is 9.31. The lowest BCUT2D eigenvalue weighted by molar-refractivity contribution is -0.135. The van der Waals surface area contributed by atoms with Gasteiger partial charge in [-0.2, -0.15) is 0 Å². The molecule has 1 N–H and O–H groups in total. The van der Waals surface area contributed by atoms with Crippen LogP contribution in [0.2, 0.25) is 0 Å². The summed E-state index contributed by atoms with van der Waals surface area (Å²) in [4.78, 5) is 16.5. The predicted molar refractivity (Wildman–Crippen MR) is 75.9 cm³/mol. The number of carbonyl (C=O) groups excluding carboxylic acids is 1. The molecule has 0 aromatic carbocycles. The Morgan fingerprint density at radius 2 is 2.00 bits per heavy atom. The largest absolute Gasteiger partial charge is 0.395 e. The van der Waals surface area contributed by atoms with Gasteiger partial charge in [-0.3, -0.25) is 9.69 Å². The molecule has 19 heavy (non-hydrogen) atoms. The standard InChI is InChI=1S/C15H28N2O2/c1-12-6-3-4-8-14(12)16(2)15(19)10-17-9-5-7-13(17)11-18/h12-14,18H,3-11H2,1-2H3/t12?,13-,14?/m1/s1. The number of nitrogens with zero attached hydrogens (tertiary/aromatic N) is 2. The summed E-state index contributed by atoms with van der Waals surface area (Å²) in [5.41, 5.74) is 0. The molecule has 110 valence electrons. The van der Waals surface area contributed by atoms with Gasteiger partial charge in [0, 0.05) is 19.1 Å². The van der Waals surface area contributed by atoms with Gasteiger partial charge in [-0.15, -0.1) is 0 Å². The maximum absolute atomic E-state index is 12.4. The predicted octanol–water partition coefficient (Wildman–Crippen LogP) is 1.48. The molecule has 1 aliphatic heterocycles. The average molecular weight is 268 g/mol. The Labute approximate surface area is 116 Å². The van der Waals surface area contributed by atoms with Crippen LogP contribution in [0.4, 0.5) is 0 Å². The van der Waals surface area contributed by atoms with Gasteiger partial charge >= 0.3 is 0 Å². The number of carbonyl (C=O) groups is 1. The lowest BCUT2D eigenvalue weighted by Crippen LogP contribution is -2.48. The number of aliphatic hydroxyl groups is 1. The highest BCUT2D eigenvalue weighted by atomic mass is 16.3. The zero-order valence-electron chi connectivity index (χ0n) is 12.3. The number of likely N-dealkylation sites (tertiary alicyclic amines) is 1. The van der Waals surface area contributed by atoms with Gasteiger partial charge in [-0.05, 0) is 38.1 Å². The first-order valence-corrected chi connectivity index (χ1v) is 7.74. The molecule has 2 aliphatic rings. The maximum atomic E-state index is 12.4. The van der Waals surface area contributed by atoms with Gasteiger partial charge in [0.1, 0.15) is 0 Å². The van der Waals surface area contributed by atoms with Crippen LogP contribution in [0.3, 0.4) is 0 Å². The molecule has 4 heteroatoms. The van der Waals surface area contributed by atoms with E-state index >= 15 is 0 Å². The Morgan fingerprint density at radius 3 is 2.68 bits per heavy atom. The van der Waals surface area contributed by atoms with Gasteiger partial charge < -0.3 is 10.0 Å². The third-order valence-corrected chi connectivity index (χ3v) is 5.01. The monoisotopic (exact) mass is 268 g/mol. The highest BCUT2D eigenvalue weighted by molar-refractivity contribution is 5.78. The Morgan fingerprint density at radius 1 is 1.26 bits per heavy atom. The van der Waals surface area contributed by atoms with Crippen molar-refractivity contribution in [2.75, 3.05) is 26.7 Å². The van der Waals surface area contributed by atoms with Crippen molar-refractivity contribution in [3.05, 3.63) is 0 Å². The van der Waals surface area contributed by atoms with Crippen LogP contribution in [0.5, 0.6) is 0 Å². The molecule has 2 fully saturated rings. The normalized spacial score (nSPS) is 32.5. The molecule has 1 saturated heterocycles. The number of likely N-dealkylation sites (N-methyl/N-ethyl adjacent to an activating group) is 1. The minimum absolute atomic E-state index is 0.177. The summed E-state index contributed by atoms with van der Waals surface area (Å²) in [5.74, 6) is 0.842. The van der Waals surface area contributed by atoms with Crippen molar-refractivity contribution < 1.29 is 9.90 Å². The van der Waals surface area contributed by atoms with E-state index in [1.807, 2.05) is 11.9 Å². The minimum atomic E-state index is 0.177. The van der Waals surface area contributed by atoms with E-state index in [4.69, 9.17) is 0 Å². The average Bonchev–Trinajstić information content (AvgIpc) is 2.85. The second kappa shape index (κ2) is 6.71. The van der Waals surface area contributed by atoms with Gasteiger partial charge in [0.25, 0.3) is 0 Å². The summed E-state index contributed by atoms with van der Waals surface area (Å²) in [6.07, 6.45) is 7.06. The SMILES string of the molecule is CC1CCCCC1N(C)C(=O)CN1CCC[C@@H]1CO. The van der Waals surface area contributed by atoms with Crippen LogP contribution in [-0.2, 0) is 4.79 Å². The fraction of sp³-hybridized carbons (Fsp3) is 0.933. The van der Waals surface area contributed by atoms with Crippen molar-refractivity contribution in [2.45, 2.75) is 57.5 Å². The van der Waals surface area contributed by atoms with Crippen LogP contribution in [0.25, 0.3) is 0 Å². The Balaban J connectivity index is 1.88. The van der Waals surface area contributed by atoms with Crippen LogP contribution in [0.1, 0.15) is 45.4 Å². The Kier molecular flexibility index (Phi) is 5.22. The van der Waals surface area contributed by atoms with Gasteiger partial charge in [-0.1, -0.05) is 19.8 Å². The lowest BCUT2D eigenvalue weighted by atomic mass is 9.85. The van der Waals surface area contributed by atoms with E-state index in [1.54, 1.807) is 0 Å². The van der Waals surface area contributed by atoms with E-state index in [0.29, 0.717) is 18.5 Å². The fourth-order valence-electron chi connectivity index (χ4n) is 3.65. The number of aliphatic hydroxyl groups excluding tert-OH is 1. The Hall–Kier alpha value is -0.610. The molecule has 2 unspecified atom stereocenters. The summed E-state index contributed by atoms with van der Waals surface area (Å²) < 4.78 is 0. The molecular weight excluding hydrogens is 240 g/mol. The molecule has 1 heterocycles. The molecule has 0 spiro atoms. The molecule has 0 radical (unpaired) electrons. The number of hydrogen-bond donors (Lipinski definition) is 1. The molecule has 0 aromatic rings. The van der Waals surface area contributed by atoms with E-state index < -0.39 is 0 Å². The van der Waals surface area contributed by atoms with Crippen LogP contribution in [0, 0.1) is 5.92 Å². The van der Waals surface area contributed by atoms with E-state index in [2.05, 4.69) is 11.8 Å². The number of amides is 1. The third kappa shape index (κ3) is 3.48. The van der Waals surface area contributed by atoms with Crippen molar-refractivity contribution >= 4 is 5.91 Å². The van der Waals surface area contributed by atoms with E-state index in [1.165, 1.54) is 19.3 Å². The highest BCUT2D eigenvalue weighted by Gasteiger charge is 2.31. The van der Waals surface area contributed by atoms with Crippen molar-refractivity contribution in [3.8, 4) is 0 Å². The van der Waals surface area contributed by atoms with Gasteiger partial charge in [0.15, 0.2) is 0 Å². The number of rotatable bonds is 4. The van der Waals surface area contributed by atoms with Crippen LogP contribution < -0.4 is 0 Å². The smallest absolute Gasteiger partial charge is 0.236 e. The summed E-state index contributed by atoms with van der Waals surface area (Å²) >= 11 is 0. The molecule has 1 amide bonds. The molecule has 3 atom stereocenters. The van der Waals surface area contributed by atoms with Crippen molar-refractivity contribution in [1.82, 2.24) is 9.80 Å². The second-order valence-corrected chi connectivity index (χ2v) is 6.28. The van der Waals surface area contributed by atoms with Gasteiger partial charge in [-0.25, -0.2) is 0 Å². The van der Waals surface area contributed by atoms with Crippen molar-refractivity contribution in [3.63, 3.8) is 0 Å². The topological polar surface area (TPSA) is 43.8 Å². The molecule has 0 aromatic heterocycles. The molecule has 1 saturated carbocycles. The molecule has 4 nitrogen and oxygen atoms in total. The van der Waals surface area contributed by atoms with Crippen molar-refractivity contribution in [2.24, 2.45) is 5.92 Å². The third-order valence-electron chi connectivity index (χ3n) is 5.01. The first kappa shape index (κ1) is 14.8. The van der Waals surface area contributed by atoms with Gasteiger partial charge in [0.05, 0.1) is 13.2 Å². The van der Waals surface area contributed by atoms with E-state index in [-0.39, 0.29) is 18.6 Å². The minimum Gasteiger partial charge on any atom is -0.395 e. The van der Waals surface area contributed by atoms with E-state index in [0.717, 1.165) is 25.8 Å². The molecule has 0 bridgehead atoms. The molecule has 1 aliphatic carbocycles. The molecular formula is C15H28N2O2. The number of hydrogen-bond acceptors (Lipinski definition) is 3. The Bertz CT molecular complexity index is 309. The van der Waals surface area contributed by atoms with Crippen LogP contribution >= 0.6 is 0 Å². The summed E-state index contributed by atoms with van der Waals surface area (Å²) in [7, 11) is 1.96.